The van der Waals surface area contributed by atoms with Crippen LogP contribution in [0.25, 0.3) is 0 Å². The minimum absolute atomic E-state index is 0.131. The monoisotopic (exact) mass is 293 g/mol. The molecular formula is C17H27NO3. The van der Waals surface area contributed by atoms with E-state index < -0.39 is 0 Å². The van der Waals surface area contributed by atoms with E-state index in [2.05, 4.69) is 20.4 Å². The van der Waals surface area contributed by atoms with Crippen LogP contribution in [0.2, 0.25) is 0 Å². The molecule has 118 valence electrons. The van der Waals surface area contributed by atoms with E-state index in [-0.39, 0.29) is 6.04 Å². The predicted octanol–water partition coefficient (Wildman–Crippen LogP) is 3.33. The molecule has 0 bridgehead atoms. The number of methoxy groups -OCH3 is 2. The minimum atomic E-state index is 0.131. The van der Waals surface area contributed by atoms with Gasteiger partial charge in [0.25, 0.3) is 0 Å². The van der Waals surface area contributed by atoms with Crippen molar-refractivity contribution in [3.63, 3.8) is 0 Å². The molecule has 1 aromatic carbocycles. The lowest BCUT2D eigenvalue weighted by atomic mass is 10.0. The largest absolute Gasteiger partial charge is 0.493 e. The second kappa shape index (κ2) is 8.57. The van der Waals surface area contributed by atoms with Crippen LogP contribution in [0.3, 0.4) is 0 Å². The van der Waals surface area contributed by atoms with Crippen LogP contribution in [-0.4, -0.2) is 26.9 Å². The smallest absolute Gasteiger partial charge is 0.203 e. The number of hydrogen-bond acceptors (Lipinski definition) is 4. The summed E-state index contributed by atoms with van der Waals surface area (Å²) in [7, 11) is 3.25. The SMILES string of the molecule is C=C(CC)COc1c(OC)cc(CC(N)CC)cc1OC. The molecule has 0 heterocycles. The van der Waals surface area contributed by atoms with E-state index in [0.29, 0.717) is 23.9 Å². The Kier molecular flexibility index (Phi) is 7.09. The quantitative estimate of drug-likeness (QED) is 0.710. The predicted molar refractivity (Wildman–Crippen MR) is 86.4 cm³/mol. The van der Waals surface area contributed by atoms with Crippen LogP contribution in [0.5, 0.6) is 17.2 Å². The zero-order chi connectivity index (χ0) is 15.8. The first-order valence-corrected chi connectivity index (χ1v) is 7.35. The fourth-order valence-electron chi connectivity index (χ4n) is 1.92. The molecule has 0 saturated heterocycles. The Balaban J connectivity index is 3.03. The van der Waals surface area contributed by atoms with Gasteiger partial charge in [-0.05, 0) is 42.5 Å². The average molecular weight is 293 g/mol. The molecule has 0 aliphatic carbocycles. The Bertz CT molecular complexity index is 446. The van der Waals surface area contributed by atoms with Crippen molar-refractivity contribution in [1.82, 2.24) is 0 Å². The standard InChI is InChI=1S/C17H27NO3/c1-6-12(3)11-21-17-15(19-4)9-13(8-14(18)7-2)10-16(17)20-5/h9-10,14H,3,6-8,11,18H2,1-2,4-5H3. The zero-order valence-corrected chi connectivity index (χ0v) is 13.6. The first-order valence-electron chi connectivity index (χ1n) is 7.35. The molecule has 4 heteroatoms. The molecule has 1 aromatic rings. The van der Waals surface area contributed by atoms with Crippen LogP contribution in [-0.2, 0) is 6.42 Å². The van der Waals surface area contributed by atoms with Gasteiger partial charge >= 0.3 is 0 Å². The molecule has 0 spiro atoms. The van der Waals surface area contributed by atoms with Crippen LogP contribution >= 0.6 is 0 Å². The van der Waals surface area contributed by atoms with Crippen molar-refractivity contribution in [3.8, 4) is 17.2 Å². The van der Waals surface area contributed by atoms with Crippen LogP contribution in [0.15, 0.2) is 24.3 Å². The normalized spacial score (nSPS) is 11.9. The number of benzene rings is 1. The van der Waals surface area contributed by atoms with Gasteiger partial charge in [-0.1, -0.05) is 20.4 Å². The summed E-state index contributed by atoms with van der Waals surface area (Å²) in [4.78, 5) is 0. The summed E-state index contributed by atoms with van der Waals surface area (Å²) in [6.45, 7) is 8.53. The highest BCUT2D eigenvalue weighted by Crippen LogP contribution is 2.39. The summed E-state index contributed by atoms with van der Waals surface area (Å²) in [6.07, 6.45) is 2.60. The van der Waals surface area contributed by atoms with Crippen molar-refractivity contribution in [2.45, 2.75) is 39.2 Å². The Morgan fingerprint density at radius 3 is 2.19 bits per heavy atom. The van der Waals surface area contributed by atoms with Crippen molar-refractivity contribution >= 4 is 0 Å². The molecule has 0 radical (unpaired) electrons. The molecule has 0 saturated carbocycles. The molecule has 1 unspecified atom stereocenters. The maximum absolute atomic E-state index is 6.02. The third kappa shape index (κ3) is 4.97. The summed E-state index contributed by atoms with van der Waals surface area (Å²) in [5.41, 5.74) is 8.13. The highest BCUT2D eigenvalue weighted by atomic mass is 16.5. The summed E-state index contributed by atoms with van der Waals surface area (Å²) in [5, 5.41) is 0. The molecule has 0 aromatic heterocycles. The summed E-state index contributed by atoms with van der Waals surface area (Å²) >= 11 is 0. The maximum atomic E-state index is 6.02. The lowest BCUT2D eigenvalue weighted by Crippen LogP contribution is -2.21. The topological polar surface area (TPSA) is 53.7 Å². The highest BCUT2D eigenvalue weighted by molar-refractivity contribution is 5.54. The van der Waals surface area contributed by atoms with Gasteiger partial charge in [-0.15, -0.1) is 0 Å². The van der Waals surface area contributed by atoms with E-state index in [1.165, 1.54) is 0 Å². The minimum Gasteiger partial charge on any atom is -0.493 e. The Morgan fingerprint density at radius 1 is 1.19 bits per heavy atom. The second-order valence-electron chi connectivity index (χ2n) is 5.09. The molecule has 0 amide bonds. The molecule has 0 aliphatic rings. The van der Waals surface area contributed by atoms with Crippen molar-refractivity contribution in [2.75, 3.05) is 20.8 Å². The molecule has 0 aliphatic heterocycles. The van der Waals surface area contributed by atoms with Crippen molar-refractivity contribution < 1.29 is 14.2 Å². The van der Waals surface area contributed by atoms with Gasteiger partial charge in [0.05, 0.1) is 14.2 Å². The Hall–Kier alpha value is -1.68. The molecule has 1 atom stereocenters. The summed E-state index contributed by atoms with van der Waals surface area (Å²) in [6, 6.07) is 4.05. The average Bonchev–Trinajstić information content (AvgIpc) is 2.51. The van der Waals surface area contributed by atoms with E-state index in [1.54, 1.807) is 14.2 Å². The second-order valence-corrected chi connectivity index (χ2v) is 5.09. The van der Waals surface area contributed by atoms with Gasteiger partial charge in [-0.3, -0.25) is 0 Å². The number of rotatable bonds is 9. The van der Waals surface area contributed by atoms with Gasteiger partial charge in [0.1, 0.15) is 6.61 Å². The van der Waals surface area contributed by atoms with Crippen molar-refractivity contribution in [3.05, 3.63) is 29.8 Å². The maximum Gasteiger partial charge on any atom is 0.203 e. The van der Waals surface area contributed by atoms with Crippen molar-refractivity contribution in [1.29, 1.82) is 0 Å². The number of hydrogen-bond donors (Lipinski definition) is 1. The van der Waals surface area contributed by atoms with Gasteiger partial charge in [0, 0.05) is 6.04 Å². The molecule has 21 heavy (non-hydrogen) atoms. The van der Waals surface area contributed by atoms with Gasteiger partial charge in [-0.25, -0.2) is 0 Å². The summed E-state index contributed by atoms with van der Waals surface area (Å²) < 4.78 is 16.7. The van der Waals surface area contributed by atoms with Crippen LogP contribution < -0.4 is 19.9 Å². The van der Waals surface area contributed by atoms with E-state index >= 15 is 0 Å². The van der Waals surface area contributed by atoms with Gasteiger partial charge in [0.15, 0.2) is 11.5 Å². The molecule has 0 fully saturated rings. The van der Waals surface area contributed by atoms with E-state index in [9.17, 15) is 0 Å². The molecular weight excluding hydrogens is 266 g/mol. The van der Waals surface area contributed by atoms with Crippen LogP contribution in [0.1, 0.15) is 32.3 Å². The summed E-state index contributed by atoms with van der Waals surface area (Å²) in [5.74, 6) is 1.94. The molecule has 2 N–H and O–H groups in total. The third-order valence-electron chi connectivity index (χ3n) is 3.46. The lowest BCUT2D eigenvalue weighted by Gasteiger charge is -2.17. The number of ether oxygens (including phenoxy) is 3. The third-order valence-corrected chi connectivity index (χ3v) is 3.46. The lowest BCUT2D eigenvalue weighted by molar-refractivity contribution is 0.293. The van der Waals surface area contributed by atoms with Gasteiger partial charge < -0.3 is 19.9 Å². The Labute approximate surface area is 127 Å². The fourth-order valence-corrected chi connectivity index (χ4v) is 1.92. The van der Waals surface area contributed by atoms with Gasteiger partial charge in [-0.2, -0.15) is 0 Å². The molecule has 1 rings (SSSR count). The van der Waals surface area contributed by atoms with Crippen molar-refractivity contribution in [2.24, 2.45) is 5.73 Å². The zero-order valence-electron chi connectivity index (χ0n) is 13.6. The van der Waals surface area contributed by atoms with Gasteiger partial charge in [0.2, 0.25) is 5.75 Å². The first kappa shape index (κ1) is 17.4. The van der Waals surface area contributed by atoms with Crippen LogP contribution in [0.4, 0.5) is 0 Å². The molecule has 4 nitrogen and oxygen atoms in total. The highest BCUT2D eigenvalue weighted by Gasteiger charge is 2.15. The van der Waals surface area contributed by atoms with Crippen LogP contribution in [0, 0.1) is 0 Å². The van der Waals surface area contributed by atoms with E-state index in [0.717, 1.165) is 30.4 Å². The van der Waals surface area contributed by atoms with E-state index in [4.69, 9.17) is 19.9 Å². The van der Waals surface area contributed by atoms with E-state index in [1.807, 2.05) is 12.1 Å². The number of nitrogens with two attached hydrogens (primary N) is 1. The Morgan fingerprint density at radius 2 is 1.76 bits per heavy atom. The first-order chi connectivity index (χ1) is 10.0. The fraction of sp³-hybridized carbons (Fsp3) is 0.529.